The van der Waals surface area contributed by atoms with Crippen LogP contribution in [0.2, 0.25) is 0 Å². The number of benzene rings is 1. The molecule has 0 N–H and O–H groups in total. The average molecular weight is 456 g/mol. The number of fused-ring (bicyclic) bond motifs is 1. The standard InChI is InChI=1S/C20H20N6O5S/c1-24-16-17(23-18(24)19-22-10-13-31-19)25(12-8-14-6-3-4-7-15(14)30-2)32(28,29)26(20(16)27)11-5-9-21/h3-4,6-7,10,13H,5,8,11-12H2,1-2H3. The fourth-order valence-corrected chi connectivity index (χ4v) is 5.12. The molecule has 1 aromatic carbocycles. The van der Waals surface area contributed by atoms with Crippen molar-refractivity contribution >= 4 is 21.9 Å². The molecule has 1 aliphatic rings. The Hall–Kier alpha value is -3.85. The minimum Gasteiger partial charge on any atom is -0.496 e. The minimum atomic E-state index is -4.26. The van der Waals surface area contributed by atoms with Gasteiger partial charge in [-0.15, -0.1) is 0 Å². The Morgan fingerprint density at radius 1 is 1.22 bits per heavy atom. The summed E-state index contributed by atoms with van der Waals surface area (Å²) >= 11 is 0. The topological polar surface area (TPSA) is 135 Å². The van der Waals surface area contributed by atoms with Gasteiger partial charge in [-0.05, 0) is 18.1 Å². The van der Waals surface area contributed by atoms with E-state index in [1.807, 2.05) is 24.3 Å². The Morgan fingerprint density at radius 2 is 2.00 bits per heavy atom. The molecule has 166 valence electrons. The highest BCUT2D eigenvalue weighted by molar-refractivity contribution is 7.91. The first-order valence-corrected chi connectivity index (χ1v) is 11.1. The van der Waals surface area contributed by atoms with Gasteiger partial charge in [0.1, 0.15) is 12.0 Å². The Morgan fingerprint density at radius 3 is 2.69 bits per heavy atom. The number of aromatic nitrogens is 3. The van der Waals surface area contributed by atoms with Crippen LogP contribution in [0.3, 0.4) is 0 Å². The van der Waals surface area contributed by atoms with E-state index in [1.165, 1.54) is 24.1 Å². The van der Waals surface area contributed by atoms with Crippen molar-refractivity contribution in [1.82, 2.24) is 18.8 Å². The van der Waals surface area contributed by atoms with E-state index in [-0.39, 0.29) is 42.7 Å². The molecular formula is C20H20N6O5S. The highest BCUT2D eigenvalue weighted by Gasteiger charge is 2.45. The van der Waals surface area contributed by atoms with Crippen molar-refractivity contribution in [2.24, 2.45) is 7.05 Å². The SMILES string of the molecule is COc1ccccc1CCN1c2nc(-c3ncco3)n(C)c2C(=O)N(CCC#N)S1(=O)=O. The largest absolute Gasteiger partial charge is 0.496 e. The van der Waals surface area contributed by atoms with Crippen molar-refractivity contribution in [2.75, 3.05) is 24.5 Å². The van der Waals surface area contributed by atoms with E-state index in [0.29, 0.717) is 16.5 Å². The van der Waals surface area contributed by atoms with Gasteiger partial charge in [0.25, 0.3) is 11.8 Å². The third kappa shape index (κ3) is 3.46. The summed E-state index contributed by atoms with van der Waals surface area (Å²) in [7, 11) is -1.14. The van der Waals surface area contributed by atoms with Crippen molar-refractivity contribution in [3.8, 4) is 23.5 Å². The van der Waals surface area contributed by atoms with E-state index in [1.54, 1.807) is 13.1 Å². The summed E-state index contributed by atoms with van der Waals surface area (Å²) in [5, 5.41) is 8.96. The number of hydrogen-bond donors (Lipinski definition) is 0. The summed E-state index contributed by atoms with van der Waals surface area (Å²) in [5.74, 6) is 0.236. The lowest BCUT2D eigenvalue weighted by Crippen LogP contribution is -2.52. The van der Waals surface area contributed by atoms with Gasteiger partial charge in [0.15, 0.2) is 17.3 Å². The summed E-state index contributed by atoms with van der Waals surface area (Å²) in [6.45, 7) is -0.254. The quantitative estimate of drug-likeness (QED) is 0.525. The number of imidazole rings is 1. The second-order valence-electron chi connectivity index (χ2n) is 6.93. The second kappa shape index (κ2) is 8.35. The number of nitriles is 1. The van der Waals surface area contributed by atoms with Crippen molar-refractivity contribution in [3.63, 3.8) is 0 Å². The summed E-state index contributed by atoms with van der Waals surface area (Å²) in [6, 6.07) is 9.17. The van der Waals surface area contributed by atoms with E-state index < -0.39 is 16.1 Å². The lowest BCUT2D eigenvalue weighted by atomic mass is 10.1. The predicted molar refractivity (Wildman–Crippen MR) is 113 cm³/mol. The lowest BCUT2D eigenvalue weighted by Gasteiger charge is -2.34. The number of amides is 1. The van der Waals surface area contributed by atoms with Crippen molar-refractivity contribution in [3.05, 3.63) is 48.0 Å². The molecule has 0 fully saturated rings. The molecule has 32 heavy (non-hydrogen) atoms. The smallest absolute Gasteiger partial charge is 0.330 e. The first-order valence-electron chi connectivity index (χ1n) is 9.70. The van der Waals surface area contributed by atoms with Crippen LogP contribution in [0.1, 0.15) is 22.5 Å². The van der Waals surface area contributed by atoms with Crippen LogP contribution in [-0.2, 0) is 23.7 Å². The van der Waals surface area contributed by atoms with E-state index in [9.17, 15) is 13.2 Å². The predicted octanol–water partition coefficient (Wildman–Crippen LogP) is 1.75. The van der Waals surface area contributed by atoms with Gasteiger partial charge in [0, 0.05) is 13.6 Å². The number of ether oxygens (including phenoxy) is 1. The molecule has 12 heteroatoms. The van der Waals surface area contributed by atoms with E-state index >= 15 is 0 Å². The zero-order valence-corrected chi connectivity index (χ0v) is 18.2. The first kappa shape index (κ1) is 21.4. The molecule has 0 bridgehead atoms. The number of para-hydroxylation sites is 1. The molecule has 0 radical (unpaired) electrons. The molecule has 4 rings (SSSR count). The number of rotatable bonds is 7. The van der Waals surface area contributed by atoms with Gasteiger partial charge in [0.05, 0.1) is 32.3 Å². The molecule has 11 nitrogen and oxygen atoms in total. The molecule has 2 aromatic heterocycles. The Bertz CT molecular complexity index is 1290. The highest BCUT2D eigenvalue weighted by atomic mass is 32.2. The van der Waals surface area contributed by atoms with Crippen molar-refractivity contribution in [1.29, 1.82) is 5.26 Å². The van der Waals surface area contributed by atoms with Gasteiger partial charge in [0.2, 0.25) is 0 Å². The Labute approximate surface area is 184 Å². The molecule has 0 aliphatic carbocycles. The summed E-state index contributed by atoms with van der Waals surface area (Å²) in [6.07, 6.45) is 2.97. The maximum Gasteiger partial charge on any atom is 0.330 e. The monoisotopic (exact) mass is 456 g/mol. The molecule has 0 saturated carbocycles. The molecule has 0 spiro atoms. The summed E-state index contributed by atoms with van der Waals surface area (Å²) < 4.78 is 40.7. The number of carbonyl (C=O) groups excluding carboxylic acids is 1. The number of hydrogen-bond acceptors (Lipinski definition) is 8. The van der Waals surface area contributed by atoms with Gasteiger partial charge in [-0.1, -0.05) is 18.2 Å². The van der Waals surface area contributed by atoms with Crippen molar-refractivity contribution in [2.45, 2.75) is 12.8 Å². The van der Waals surface area contributed by atoms with Gasteiger partial charge in [-0.2, -0.15) is 13.7 Å². The number of nitrogens with zero attached hydrogens (tertiary/aromatic N) is 6. The van der Waals surface area contributed by atoms with Crippen LogP contribution in [0, 0.1) is 11.3 Å². The molecule has 1 aliphatic heterocycles. The number of oxazole rings is 1. The Balaban J connectivity index is 1.80. The van der Waals surface area contributed by atoms with E-state index in [2.05, 4.69) is 9.97 Å². The van der Waals surface area contributed by atoms with Crippen LogP contribution in [0.5, 0.6) is 5.75 Å². The van der Waals surface area contributed by atoms with Crippen LogP contribution in [0.15, 0.2) is 41.1 Å². The molecule has 0 unspecified atom stereocenters. The zero-order valence-electron chi connectivity index (χ0n) is 17.4. The van der Waals surface area contributed by atoms with Crippen LogP contribution in [0.4, 0.5) is 5.82 Å². The van der Waals surface area contributed by atoms with Crippen LogP contribution in [0.25, 0.3) is 11.7 Å². The molecule has 3 aromatic rings. The zero-order chi connectivity index (χ0) is 22.9. The maximum atomic E-state index is 13.4. The summed E-state index contributed by atoms with van der Waals surface area (Å²) in [4.78, 5) is 21.6. The molecule has 0 atom stereocenters. The summed E-state index contributed by atoms with van der Waals surface area (Å²) in [5.41, 5.74) is 0.877. The number of anilines is 1. The van der Waals surface area contributed by atoms with E-state index in [0.717, 1.165) is 9.87 Å². The highest BCUT2D eigenvalue weighted by Crippen LogP contribution is 2.35. The van der Waals surface area contributed by atoms with Crippen LogP contribution < -0.4 is 9.04 Å². The van der Waals surface area contributed by atoms with Crippen LogP contribution in [-0.4, -0.2) is 53.4 Å². The van der Waals surface area contributed by atoms with Crippen LogP contribution >= 0.6 is 0 Å². The minimum absolute atomic E-state index is 0.00574. The Kier molecular flexibility index (Phi) is 5.58. The van der Waals surface area contributed by atoms with Crippen molar-refractivity contribution < 1.29 is 22.4 Å². The van der Waals surface area contributed by atoms with Gasteiger partial charge in [-0.3, -0.25) is 4.79 Å². The molecular weight excluding hydrogens is 436 g/mol. The molecule has 0 saturated heterocycles. The number of carbonyl (C=O) groups is 1. The number of methoxy groups -OCH3 is 1. The normalized spacial score (nSPS) is 14.8. The van der Waals surface area contributed by atoms with Gasteiger partial charge in [-0.25, -0.2) is 18.6 Å². The lowest BCUT2D eigenvalue weighted by molar-refractivity contribution is 0.0850. The third-order valence-electron chi connectivity index (χ3n) is 5.13. The average Bonchev–Trinajstić information content (AvgIpc) is 3.41. The second-order valence-corrected chi connectivity index (χ2v) is 8.71. The third-order valence-corrected chi connectivity index (χ3v) is 6.94. The molecule has 1 amide bonds. The van der Waals surface area contributed by atoms with E-state index in [4.69, 9.17) is 14.4 Å². The molecule has 3 heterocycles. The maximum absolute atomic E-state index is 13.4. The first-order chi connectivity index (χ1) is 15.4. The fraction of sp³-hybridized carbons (Fsp3) is 0.300. The van der Waals surface area contributed by atoms with Gasteiger partial charge >= 0.3 is 10.2 Å². The van der Waals surface area contributed by atoms with Gasteiger partial charge < -0.3 is 13.7 Å². The fourth-order valence-electron chi connectivity index (χ4n) is 3.59.